The van der Waals surface area contributed by atoms with Crippen LogP contribution in [0.4, 0.5) is 5.69 Å². The Morgan fingerprint density at radius 1 is 0.967 bits per heavy atom. The van der Waals surface area contributed by atoms with E-state index < -0.39 is 18.5 Å². The first-order valence-corrected chi connectivity index (χ1v) is 9.69. The molecule has 2 aromatic rings. The second-order valence-corrected chi connectivity index (χ2v) is 7.15. The lowest BCUT2D eigenvalue weighted by atomic mass is 10.1. The highest BCUT2D eigenvalue weighted by atomic mass is 16.5. The van der Waals surface area contributed by atoms with E-state index in [9.17, 15) is 14.4 Å². The van der Waals surface area contributed by atoms with Crippen molar-refractivity contribution in [3.8, 4) is 11.5 Å². The number of methoxy groups -OCH3 is 1. The molecule has 2 aromatic carbocycles. The molecule has 0 saturated heterocycles. The van der Waals surface area contributed by atoms with E-state index in [1.165, 1.54) is 20.1 Å². The third-order valence-electron chi connectivity index (χ3n) is 4.26. The predicted octanol–water partition coefficient (Wildman–Crippen LogP) is 4.12. The molecule has 1 N–H and O–H groups in total. The fourth-order valence-electron chi connectivity index (χ4n) is 2.52. The number of nitrogens with one attached hydrogen (secondary N) is 1. The minimum Gasteiger partial charge on any atom is -0.493 e. The van der Waals surface area contributed by atoms with Crippen LogP contribution in [-0.4, -0.2) is 38.0 Å². The summed E-state index contributed by atoms with van der Waals surface area (Å²) in [4.78, 5) is 35.6. The number of ether oxygens (including phenoxy) is 3. The fraction of sp³-hybridized carbons (Fsp3) is 0.348. The summed E-state index contributed by atoms with van der Waals surface area (Å²) >= 11 is 0. The number of carbonyl (C=O) groups is 3. The van der Waals surface area contributed by atoms with Crippen molar-refractivity contribution in [2.75, 3.05) is 25.6 Å². The van der Waals surface area contributed by atoms with Crippen LogP contribution in [0.25, 0.3) is 0 Å². The summed E-state index contributed by atoms with van der Waals surface area (Å²) in [7, 11) is 1.49. The number of esters is 1. The third kappa shape index (κ3) is 6.92. The zero-order chi connectivity index (χ0) is 22.1. The molecule has 0 fully saturated rings. The lowest BCUT2D eigenvalue weighted by Crippen LogP contribution is -2.21. The van der Waals surface area contributed by atoms with Gasteiger partial charge in [-0.25, -0.2) is 4.79 Å². The number of hydrogen-bond acceptors (Lipinski definition) is 6. The van der Waals surface area contributed by atoms with Gasteiger partial charge in [-0.1, -0.05) is 13.8 Å². The zero-order valence-corrected chi connectivity index (χ0v) is 17.7. The van der Waals surface area contributed by atoms with E-state index in [0.717, 1.165) is 6.42 Å². The van der Waals surface area contributed by atoms with Crippen LogP contribution in [0.5, 0.6) is 11.5 Å². The molecule has 0 saturated carbocycles. The SMILES string of the molecule is COc1cc(C(=O)OCC(=O)Nc2ccc(C(C)=O)cc2)ccc1OCCC(C)C. The molecule has 0 heterocycles. The van der Waals surface area contributed by atoms with Gasteiger partial charge in [0.2, 0.25) is 0 Å². The van der Waals surface area contributed by atoms with Crippen LogP contribution in [0.2, 0.25) is 0 Å². The van der Waals surface area contributed by atoms with Crippen molar-refractivity contribution in [2.45, 2.75) is 27.2 Å². The Balaban J connectivity index is 1.90. The predicted molar refractivity (Wildman–Crippen MR) is 113 cm³/mol. The van der Waals surface area contributed by atoms with Gasteiger partial charge < -0.3 is 19.5 Å². The summed E-state index contributed by atoms with van der Waals surface area (Å²) < 4.78 is 16.1. The molecule has 0 aliphatic heterocycles. The molecule has 0 radical (unpaired) electrons. The Morgan fingerprint density at radius 2 is 1.63 bits per heavy atom. The maximum atomic E-state index is 12.3. The Morgan fingerprint density at radius 3 is 2.23 bits per heavy atom. The maximum Gasteiger partial charge on any atom is 0.338 e. The molecule has 0 aliphatic rings. The van der Waals surface area contributed by atoms with Gasteiger partial charge in [-0.05, 0) is 61.7 Å². The number of carbonyl (C=O) groups excluding carboxylic acids is 3. The van der Waals surface area contributed by atoms with Crippen LogP contribution in [-0.2, 0) is 9.53 Å². The molecule has 7 heteroatoms. The molecular weight excluding hydrogens is 386 g/mol. The molecule has 2 rings (SSSR count). The molecule has 7 nitrogen and oxygen atoms in total. The topological polar surface area (TPSA) is 90.9 Å². The molecule has 0 aliphatic carbocycles. The molecule has 160 valence electrons. The van der Waals surface area contributed by atoms with E-state index in [1.807, 2.05) is 0 Å². The van der Waals surface area contributed by atoms with Crippen molar-refractivity contribution >= 4 is 23.3 Å². The Bertz CT molecular complexity index is 889. The van der Waals surface area contributed by atoms with E-state index in [4.69, 9.17) is 14.2 Å². The number of ketones is 1. The van der Waals surface area contributed by atoms with Crippen LogP contribution >= 0.6 is 0 Å². The van der Waals surface area contributed by atoms with E-state index >= 15 is 0 Å². The van der Waals surface area contributed by atoms with Gasteiger partial charge in [0.15, 0.2) is 23.9 Å². The van der Waals surface area contributed by atoms with Gasteiger partial charge in [0.1, 0.15) is 0 Å². The second kappa shape index (κ2) is 11.0. The van der Waals surface area contributed by atoms with E-state index in [1.54, 1.807) is 36.4 Å². The molecule has 0 spiro atoms. The van der Waals surface area contributed by atoms with E-state index in [2.05, 4.69) is 19.2 Å². The first kappa shape index (κ1) is 22.9. The Kier molecular flexibility index (Phi) is 8.41. The van der Waals surface area contributed by atoms with Gasteiger partial charge >= 0.3 is 5.97 Å². The normalized spacial score (nSPS) is 10.4. The van der Waals surface area contributed by atoms with Crippen LogP contribution in [0.3, 0.4) is 0 Å². The lowest BCUT2D eigenvalue weighted by Gasteiger charge is -2.13. The highest BCUT2D eigenvalue weighted by Crippen LogP contribution is 2.28. The average molecular weight is 413 g/mol. The minimum absolute atomic E-state index is 0.0615. The van der Waals surface area contributed by atoms with Gasteiger partial charge in [0.25, 0.3) is 5.91 Å². The van der Waals surface area contributed by atoms with Crippen LogP contribution in [0.1, 0.15) is 47.9 Å². The van der Waals surface area contributed by atoms with Gasteiger partial charge in [0.05, 0.1) is 19.3 Å². The summed E-state index contributed by atoms with van der Waals surface area (Å²) in [5.74, 6) is 0.283. The van der Waals surface area contributed by atoms with Gasteiger partial charge in [-0.15, -0.1) is 0 Å². The fourth-order valence-corrected chi connectivity index (χ4v) is 2.52. The van der Waals surface area contributed by atoms with Crippen LogP contribution in [0.15, 0.2) is 42.5 Å². The third-order valence-corrected chi connectivity index (χ3v) is 4.26. The number of amides is 1. The van der Waals surface area contributed by atoms with Crippen LogP contribution in [0, 0.1) is 5.92 Å². The summed E-state index contributed by atoms with van der Waals surface area (Å²) in [5, 5.41) is 2.61. The monoisotopic (exact) mass is 413 g/mol. The van der Waals surface area contributed by atoms with E-state index in [0.29, 0.717) is 35.3 Å². The standard InChI is InChI=1S/C23H27NO6/c1-15(2)11-12-29-20-10-7-18(13-21(20)28-4)23(27)30-14-22(26)24-19-8-5-17(6-9-19)16(3)25/h5-10,13,15H,11-12,14H2,1-4H3,(H,24,26). The zero-order valence-electron chi connectivity index (χ0n) is 17.7. The number of rotatable bonds is 10. The second-order valence-electron chi connectivity index (χ2n) is 7.15. The summed E-state index contributed by atoms with van der Waals surface area (Å²) in [5.41, 5.74) is 1.30. The van der Waals surface area contributed by atoms with Gasteiger partial charge in [0, 0.05) is 11.3 Å². The summed E-state index contributed by atoms with van der Waals surface area (Å²) in [6.07, 6.45) is 0.902. The smallest absolute Gasteiger partial charge is 0.338 e. The van der Waals surface area contributed by atoms with Crippen molar-refractivity contribution in [1.82, 2.24) is 0 Å². The highest BCUT2D eigenvalue weighted by Gasteiger charge is 2.14. The van der Waals surface area contributed by atoms with Crippen molar-refractivity contribution in [1.29, 1.82) is 0 Å². The average Bonchev–Trinajstić information content (AvgIpc) is 2.72. The largest absolute Gasteiger partial charge is 0.493 e. The Hall–Kier alpha value is -3.35. The highest BCUT2D eigenvalue weighted by molar-refractivity contribution is 5.97. The van der Waals surface area contributed by atoms with Crippen LogP contribution < -0.4 is 14.8 Å². The first-order valence-electron chi connectivity index (χ1n) is 9.69. The molecule has 0 atom stereocenters. The summed E-state index contributed by atoms with van der Waals surface area (Å²) in [6, 6.07) is 11.2. The summed E-state index contributed by atoms with van der Waals surface area (Å²) in [6.45, 7) is 5.79. The molecule has 0 unspecified atom stereocenters. The molecular formula is C23H27NO6. The quantitative estimate of drug-likeness (QED) is 0.465. The number of hydrogen-bond donors (Lipinski definition) is 1. The number of anilines is 1. The number of Topliss-reactive ketones (excluding diaryl/α,β-unsaturated/α-hetero) is 1. The van der Waals surface area contributed by atoms with E-state index in [-0.39, 0.29) is 11.3 Å². The van der Waals surface area contributed by atoms with Crippen molar-refractivity contribution in [3.63, 3.8) is 0 Å². The molecule has 1 amide bonds. The molecule has 30 heavy (non-hydrogen) atoms. The maximum absolute atomic E-state index is 12.3. The van der Waals surface area contributed by atoms with Gasteiger partial charge in [-0.2, -0.15) is 0 Å². The van der Waals surface area contributed by atoms with Crippen molar-refractivity contribution in [3.05, 3.63) is 53.6 Å². The van der Waals surface area contributed by atoms with Gasteiger partial charge in [-0.3, -0.25) is 9.59 Å². The Labute approximate surface area is 176 Å². The number of benzene rings is 2. The molecule has 0 bridgehead atoms. The minimum atomic E-state index is -0.649. The first-order chi connectivity index (χ1) is 14.3. The van der Waals surface area contributed by atoms with Crippen molar-refractivity contribution in [2.24, 2.45) is 5.92 Å². The van der Waals surface area contributed by atoms with Crippen molar-refractivity contribution < 1.29 is 28.6 Å². The lowest BCUT2D eigenvalue weighted by molar-refractivity contribution is -0.119. The molecule has 0 aromatic heterocycles.